The first-order valence-corrected chi connectivity index (χ1v) is 9.33. The van der Waals surface area contributed by atoms with Crippen molar-refractivity contribution in [2.45, 2.75) is 25.9 Å². The SMILES string of the molecule is CC1(COc2ccnc3[nH]cc(-c4cccc(C(F)(F)F)c4)c23)CCNCC1. The number of benzene rings is 1. The van der Waals surface area contributed by atoms with E-state index in [0.29, 0.717) is 34.5 Å². The predicted octanol–water partition coefficient (Wildman–Crippen LogP) is 5.02. The Morgan fingerprint density at radius 3 is 2.71 bits per heavy atom. The monoisotopic (exact) mass is 389 g/mol. The smallest absolute Gasteiger partial charge is 0.416 e. The minimum absolute atomic E-state index is 0.0769. The highest BCUT2D eigenvalue weighted by Crippen LogP contribution is 2.38. The lowest BCUT2D eigenvalue weighted by Crippen LogP contribution is -2.38. The number of H-pyrrole nitrogens is 1. The van der Waals surface area contributed by atoms with Crippen LogP contribution in [0.3, 0.4) is 0 Å². The molecule has 0 bridgehead atoms. The second kappa shape index (κ2) is 7.13. The molecule has 1 saturated heterocycles. The number of piperidine rings is 1. The summed E-state index contributed by atoms with van der Waals surface area (Å²) in [4.78, 5) is 7.35. The number of alkyl halides is 3. The Morgan fingerprint density at radius 2 is 1.96 bits per heavy atom. The van der Waals surface area contributed by atoms with Crippen LogP contribution in [0.15, 0.2) is 42.7 Å². The van der Waals surface area contributed by atoms with E-state index in [9.17, 15) is 13.2 Å². The van der Waals surface area contributed by atoms with E-state index < -0.39 is 11.7 Å². The number of halogens is 3. The van der Waals surface area contributed by atoms with E-state index in [-0.39, 0.29) is 5.41 Å². The molecular formula is C21H22F3N3O. The predicted molar refractivity (Wildman–Crippen MR) is 102 cm³/mol. The van der Waals surface area contributed by atoms with Gasteiger partial charge in [0, 0.05) is 23.4 Å². The van der Waals surface area contributed by atoms with E-state index in [1.54, 1.807) is 24.5 Å². The fraction of sp³-hybridized carbons (Fsp3) is 0.381. The zero-order valence-corrected chi connectivity index (χ0v) is 15.6. The van der Waals surface area contributed by atoms with Crippen LogP contribution in [-0.2, 0) is 6.18 Å². The van der Waals surface area contributed by atoms with Gasteiger partial charge in [0.25, 0.3) is 0 Å². The highest BCUT2D eigenvalue weighted by Gasteiger charge is 2.31. The maximum atomic E-state index is 13.1. The number of hydrogen-bond donors (Lipinski definition) is 2. The summed E-state index contributed by atoms with van der Waals surface area (Å²) in [7, 11) is 0. The highest BCUT2D eigenvalue weighted by molar-refractivity contribution is 5.98. The van der Waals surface area contributed by atoms with Gasteiger partial charge in [-0.15, -0.1) is 0 Å². The van der Waals surface area contributed by atoms with Crippen molar-refractivity contribution < 1.29 is 17.9 Å². The Balaban J connectivity index is 1.69. The van der Waals surface area contributed by atoms with Crippen molar-refractivity contribution in [3.63, 3.8) is 0 Å². The van der Waals surface area contributed by atoms with Gasteiger partial charge in [0.1, 0.15) is 11.4 Å². The molecule has 0 saturated carbocycles. The first-order valence-electron chi connectivity index (χ1n) is 9.33. The number of aromatic nitrogens is 2. The molecule has 0 aliphatic carbocycles. The topological polar surface area (TPSA) is 49.9 Å². The third-order valence-electron chi connectivity index (χ3n) is 5.42. The summed E-state index contributed by atoms with van der Waals surface area (Å²) < 4.78 is 45.5. The molecule has 1 aromatic carbocycles. The van der Waals surface area contributed by atoms with Crippen molar-refractivity contribution in [1.82, 2.24) is 15.3 Å². The standard InChI is InChI=1S/C21H22F3N3O/c1-20(6-9-25-10-7-20)13-28-17-5-8-26-19-18(17)16(12-27-19)14-3-2-4-15(11-14)21(22,23)24/h2-5,8,11-12,25H,6-7,9-10,13H2,1H3,(H,26,27). The van der Waals surface area contributed by atoms with Crippen LogP contribution < -0.4 is 10.1 Å². The number of hydrogen-bond acceptors (Lipinski definition) is 3. The number of fused-ring (bicyclic) bond motifs is 1. The fourth-order valence-electron chi connectivity index (χ4n) is 3.66. The van der Waals surface area contributed by atoms with E-state index in [1.165, 1.54) is 6.07 Å². The molecule has 3 aromatic rings. The molecule has 1 aliphatic heterocycles. The van der Waals surface area contributed by atoms with Crippen molar-refractivity contribution in [3.8, 4) is 16.9 Å². The van der Waals surface area contributed by atoms with Crippen LogP contribution in [0.25, 0.3) is 22.2 Å². The van der Waals surface area contributed by atoms with Gasteiger partial charge in [0.05, 0.1) is 17.6 Å². The first kappa shape index (κ1) is 18.8. The van der Waals surface area contributed by atoms with Crippen LogP contribution >= 0.6 is 0 Å². The Kier molecular flexibility index (Phi) is 4.79. The first-order chi connectivity index (χ1) is 13.4. The maximum absolute atomic E-state index is 13.1. The lowest BCUT2D eigenvalue weighted by molar-refractivity contribution is -0.137. The van der Waals surface area contributed by atoms with Gasteiger partial charge in [-0.1, -0.05) is 19.1 Å². The van der Waals surface area contributed by atoms with Gasteiger partial charge in [-0.05, 0) is 49.7 Å². The third kappa shape index (κ3) is 3.71. The normalized spacial score (nSPS) is 17.0. The Labute approximate surface area is 161 Å². The van der Waals surface area contributed by atoms with Crippen molar-refractivity contribution in [3.05, 3.63) is 48.3 Å². The van der Waals surface area contributed by atoms with Crippen molar-refractivity contribution in [2.24, 2.45) is 5.41 Å². The van der Waals surface area contributed by atoms with E-state index in [4.69, 9.17) is 4.74 Å². The fourth-order valence-corrected chi connectivity index (χ4v) is 3.66. The van der Waals surface area contributed by atoms with Crippen LogP contribution in [0.5, 0.6) is 5.75 Å². The molecule has 148 valence electrons. The summed E-state index contributed by atoms with van der Waals surface area (Å²) in [6.45, 7) is 4.69. The number of nitrogens with one attached hydrogen (secondary N) is 2. The van der Waals surface area contributed by atoms with E-state index >= 15 is 0 Å². The van der Waals surface area contributed by atoms with Gasteiger partial charge >= 0.3 is 6.18 Å². The minimum Gasteiger partial charge on any atom is -0.492 e. The van der Waals surface area contributed by atoms with E-state index in [2.05, 4.69) is 22.2 Å². The van der Waals surface area contributed by atoms with E-state index in [0.717, 1.165) is 38.1 Å². The summed E-state index contributed by atoms with van der Waals surface area (Å²) in [6.07, 6.45) is 0.994. The summed E-state index contributed by atoms with van der Waals surface area (Å²) in [5.41, 5.74) is 1.13. The molecule has 4 rings (SSSR count). The van der Waals surface area contributed by atoms with Gasteiger partial charge in [0.15, 0.2) is 0 Å². The molecule has 2 aromatic heterocycles. The van der Waals surface area contributed by atoms with Crippen LogP contribution in [0.2, 0.25) is 0 Å². The van der Waals surface area contributed by atoms with Crippen LogP contribution in [0.4, 0.5) is 13.2 Å². The average molecular weight is 389 g/mol. The average Bonchev–Trinajstić information content (AvgIpc) is 3.11. The Morgan fingerprint density at radius 1 is 1.18 bits per heavy atom. The molecule has 28 heavy (non-hydrogen) atoms. The third-order valence-corrected chi connectivity index (χ3v) is 5.42. The highest BCUT2D eigenvalue weighted by atomic mass is 19.4. The van der Waals surface area contributed by atoms with Crippen LogP contribution in [-0.4, -0.2) is 29.7 Å². The van der Waals surface area contributed by atoms with Crippen molar-refractivity contribution in [2.75, 3.05) is 19.7 Å². The lowest BCUT2D eigenvalue weighted by atomic mass is 9.82. The molecule has 7 heteroatoms. The second-order valence-corrected chi connectivity index (χ2v) is 7.66. The van der Waals surface area contributed by atoms with Gasteiger partial charge < -0.3 is 15.0 Å². The summed E-state index contributed by atoms with van der Waals surface area (Å²) in [5.74, 6) is 0.637. The Hall–Kier alpha value is -2.54. The second-order valence-electron chi connectivity index (χ2n) is 7.66. The largest absolute Gasteiger partial charge is 0.492 e. The molecule has 4 nitrogen and oxygen atoms in total. The Bertz CT molecular complexity index is 974. The molecule has 0 atom stereocenters. The van der Waals surface area contributed by atoms with Gasteiger partial charge in [-0.2, -0.15) is 13.2 Å². The van der Waals surface area contributed by atoms with Crippen LogP contribution in [0, 0.1) is 5.41 Å². The van der Waals surface area contributed by atoms with Gasteiger partial charge in [-0.3, -0.25) is 0 Å². The van der Waals surface area contributed by atoms with Crippen molar-refractivity contribution in [1.29, 1.82) is 0 Å². The minimum atomic E-state index is -4.39. The number of rotatable bonds is 4. The molecule has 0 amide bonds. The molecule has 0 spiro atoms. The van der Waals surface area contributed by atoms with Gasteiger partial charge in [0.2, 0.25) is 0 Å². The number of ether oxygens (including phenoxy) is 1. The maximum Gasteiger partial charge on any atom is 0.416 e. The molecule has 0 radical (unpaired) electrons. The lowest BCUT2D eigenvalue weighted by Gasteiger charge is -2.33. The summed E-state index contributed by atoms with van der Waals surface area (Å²) >= 11 is 0. The number of aromatic amines is 1. The van der Waals surface area contributed by atoms with E-state index in [1.807, 2.05) is 0 Å². The van der Waals surface area contributed by atoms with Gasteiger partial charge in [-0.25, -0.2) is 4.98 Å². The number of pyridine rings is 1. The molecule has 1 fully saturated rings. The quantitative estimate of drug-likeness (QED) is 0.659. The number of nitrogens with zero attached hydrogens (tertiary/aromatic N) is 1. The summed E-state index contributed by atoms with van der Waals surface area (Å²) in [6, 6.07) is 7.10. The molecule has 3 heterocycles. The zero-order valence-electron chi connectivity index (χ0n) is 15.6. The zero-order chi connectivity index (χ0) is 19.8. The molecule has 2 N–H and O–H groups in total. The molecule has 0 unspecified atom stereocenters. The van der Waals surface area contributed by atoms with Crippen molar-refractivity contribution >= 4 is 11.0 Å². The molecule has 1 aliphatic rings. The summed E-state index contributed by atoms with van der Waals surface area (Å²) in [5, 5.41) is 4.06. The van der Waals surface area contributed by atoms with Crippen LogP contribution in [0.1, 0.15) is 25.3 Å². The molecular weight excluding hydrogens is 367 g/mol.